The topological polar surface area (TPSA) is 78.4 Å². The molecule has 1 N–H and O–H groups in total. The van der Waals surface area contributed by atoms with Crippen LogP contribution < -0.4 is 5.32 Å². The van der Waals surface area contributed by atoms with Crippen molar-refractivity contribution in [3.8, 4) is 0 Å². The Morgan fingerprint density at radius 1 is 1.17 bits per heavy atom. The lowest BCUT2D eigenvalue weighted by Gasteiger charge is -2.47. The predicted octanol–water partition coefficient (Wildman–Crippen LogP) is 4.47. The van der Waals surface area contributed by atoms with Gasteiger partial charge in [0.15, 0.2) is 5.78 Å². The molecule has 2 fully saturated rings. The molecule has 0 spiro atoms. The maximum Gasteiger partial charge on any atom is 0.270 e. The lowest BCUT2D eigenvalue weighted by molar-refractivity contribution is -0.136. The fourth-order valence-corrected chi connectivity index (χ4v) is 5.48. The van der Waals surface area contributed by atoms with E-state index in [1.165, 1.54) is 18.5 Å². The highest BCUT2D eigenvalue weighted by Crippen LogP contribution is 2.33. The summed E-state index contributed by atoms with van der Waals surface area (Å²) in [6, 6.07) is 5.16. The maximum atomic E-state index is 13.8. The third-order valence-electron chi connectivity index (χ3n) is 7.67. The van der Waals surface area contributed by atoms with Gasteiger partial charge in [-0.25, -0.2) is 18.7 Å². The molecule has 9 heteroatoms. The molecular formula is C27H37F2N5O2. The van der Waals surface area contributed by atoms with Gasteiger partial charge >= 0.3 is 0 Å². The molecular weight excluding hydrogens is 464 g/mol. The molecule has 0 bridgehead atoms. The molecule has 36 heavy (non-hydrogen) atoms. The number of benzene rings is 1. The van der Waals surface area contributed by atoms with Crippen LogP contribution in [0.2, 0.25) is 0 Å². The summed E-state index contributed by atoms with van der Waals surface area (Å²) in [5.74, 6) is -1.90. The number of aromatic nitrogens is 2. The van der Waals surface area contributed by atoms with E-state index in [0.29, 0.717) is 41.1 Å². The molecule has 2 aliphatic rings. The summed E-state index contributed by atoms with van der Waals surface area (Å²) in [6.45, 7) is 6.70. The Kier molecular flexibility index (Phi) is 7.87. The highest BCUT2D eigenvalue weighted by Gasteiger charge is 2.36. The van der Waals surface area contributed by atoms with Gasteiger partial charge in [-0.1, -0.05) is 19.9 Å². The van der Waals surface area contributed by atoms with E-state index in [0.717, 1.165) is 45.7 Å². The molecule has 1 aromatic carbocycles. The minimum Gasteiger partial charge on any atom is -0.362 e. The van der Waals surface area contributed by atoms with Gasteiger partial charge in [0.2, 0.25) is 5.91 Å². The Morgan fingerprint density at radius 3 is 2.50 bits per heavy atom. The molecule has 7 nitrogen and oxygen atoms in total. The van der Waals surface area contributed by atoms with Gasteiger partial charge in [0.25, 0.3) is 5.92 Å². The van der Waals surface area contributed by atoms with Gasteiger partial charge in [-0.05, 0) is 43.7 Å². The number of hydrogen-bond donors (Lipinski definition) is 1. The number of fused-ring (bicyclic) bond motifs is 1. The number of ketones is 1. The number of Topliss-reactive ketones (excluding diaryl/α,β-unsaturated/α-hetero) is 1. The summed E-state index contributed by atoms with van der Waals surface area (Å²) in [4.78, 5) is 37.6. The zero-order valence-electron chi connectivity index (χ0n) is 21.6. The van der Waals surface area contributed by atoms with Crippen molar-refractivity contribution in [3.63, 3.8) is 0 Å². The van der Waals surface area contributed by atoms with E-state index in [-0.39, 0.29) is 29.7 Å². The molecule has 4 rings (SSSR count). The van der Waals surface area contributed by atoms with Crippen molar-refractivity contribution in [1.29, 1.82) is 0 Å². The highest BCUT2D eigenvalue weighted by atomic mass is 19.3. The summed E-state index contributed by atoms with van der Waals surface area (Å²) in [7, 11) is 1.93. The second kappa shape index (κ2) is 10.7. The largest absolute Gasteiger partial charge is 0.362 e. The summed E-state index contributed by atoms with van der Waals surface area (Å²) in [5.41, 5.74) is 0.443. The Bertz CT molecular complexity index is 1090. The first kappa shape index (κ1) is 26.4. The van der Waals surface area contributed by atoms with Gasteiger partial charge < -0.3 is 10.2 Å². The summed E-state index contributed by atoms with van der Waals surface area (Å²) in [6.07, 6.45) is 6.09. The predicted molar refractivity (Wildman–Crippen MR) is 136 cm³/mol. The van der Waals surface area contributed by atoms with Crippen LogP contribution in [0.1, 0.15) is 58.4 Å². The molecule has 1 saturated carbocycles. The number of halogens is 2. The molecule has 1 amide bonds. The molecule has 0 radical (unpaired) electrons. The van der Waals surface area contributed by atoms with E-state index in [9.17, 15) is 18.4 Å². The number of amides is 1. The van der Waals surface area contributed by atoms with Crippen LogP contribution in [0, 0.1) is 11.8 Å². The van der Waals surface area contributed by atoms with Crippen LogP contribution in [0.3, 0.4) is 0 Å². The van der Waals surface area contributed by atoms with Crippen LogP contribution >= 0.6 is 0 Å². The van der Waals surface area contributed by atoms with Crippen molar-refractivity contribution in [3.05, 3.63) is 30.1 Å². The van der Waals surface area contributed by atoms with Crippen LogP contribution in [0.15, 0.2) is 24.5 Å². The number of nitrogens with zero attached hydrogens (tertiary/aromatic N) is 4. The average molecular weight is 502 g/mol. The lowest BCUT2D eigenvalue weighted by atomic mass is 9.84. The van der Waals surface area contributed by atoms with Crippen molar-refractivity contribution in [2.75, 3.05) is 32.0 Å². The maximum absolute atomic E-state index is 13.8. The number of anilines is 1. The van der Waals surface area contributed by atoms with Gasteiger partial charge in [0.1, 0.15) is 12.1 Å². The highest BCUT2D eigenvalue weighted by molar-refractivity contribution is 5.91. The fraction of sp³-hybridized carbons (Fsp3) is 0.630. The van der Waals surface area contributed by atoms with Crippen molar-refractivity contribution in [2.24, 2.45) is 11.8 Å². The monoisotopic (exact) mass is 501 g/mol. The van der Waals surface area contributed by atoms with E-state index in [4.69, 9.17) is 0 Å². The average Bonchev–Trinajstić information content (AvgIpc) is 2.82. The number of hydrogen-bond acceptors (Lipinski definition) is 6. The molecule has 0 unspecified atom stereocenters. The third kappa shape index (κ3) is 5.99. The first-order valence-electron chi connectivity index (χ1n) is 12.9. The third-order valence-corrected chi connectivity index (χ3v) is 7.67. The molecule has 2 heterocycles. The van der Waals surface area contributed by atoms with Crippen molar-refractivity contribution >= 4 is 28.4 Å². The Hall–Kier alpha value is -2.68. The van der Waals surface area contributed by atoms with E-state index in [1.54, 1.807) is 6.07 Å². The minimum atomic E-state index is -2.96. The van der Waals surface area contributed by atoms with Crippen LogP contribution in [0.5, 0.6) is 0 Å². The number of carbonyl (C=O) groups excluding carboxylic acids is 2. The summed E-state index contributed by atoms with van der Waals surface area (Å²) >= 11 is 0. The standard InChI is InChI=1S/C27H37F2N5O2/c1-17(2)26(36)33(4)20-6-8-21(9-7-20)34-14-18(15-34)11-22(35)13-30-25-23-12-19(27(3,28)29)5-10-24(23)31-16-32-25/h5,10,12,16-18,20-21H,6-9,11,13-15H2,1-4H3,(H,30,31,32). The summed E-state index contributed by atoms with van der Waals surface area (Å²) < 4.78 is 27.5. The Morgan fingerprint density at radius 2 is 1.86 bits per heavy atom. The van der Waals surface area contributed by atoms with Crippen LogP contribution in [-0.4, -0.2) is 70.2 Å². The zero-order valence-corrected chi connectivity index (χ0v) is 21.6. The normalized spacial score (nSPS) is 21.4. The Balaban J connectivity index is 1.22. The molecule has 1 saturated heterocycles. The lowest BCUT2D eigenvalue weighted by Crippen LogP contribution is -2.55. The van der Waals surface area contributed by atoms with E-state index < -0.39 is 5.92 Å². The molecule has 0 atom stereocenters. The van der Waals surface area contributed by atoms with E-state index in [1.807, 2.05) is 25.8 Å². The quantitative estimate of drug-likeness (QED) is 0.546. The first-order chi connectivity index (χ1) is 17.0. The minimum absolute atomic E-state index is 0.0301. The smallest absolute Gasteiger partial charge is 0.270 e. The molecule has 1 aliphatic carbocycles. The number of rotatable bonds is 9. The molecule has 1 aliphatic heterocycles. The fourth-order valence-electron chi connectivity index (χ4n) is 5.48. The van der Waals surface area contributed by atoms with Crippen molar-refractivity contribution in [1.82, 2.24) is 19.8 Å². The molecule has 1 aromatic heterocycles. The summed E-state index contributed by atoms with van der Waals surface area (Å²) in [5, 5.41) is 3.52. The van der Waals surface area contributed by atoms with Gasteiger partial charge in [-0.2, -0.15) is 0 Å². The van der Waals surface area contributed by atoms with Crippen LogP contribution in [0.25, 0.3) is 10.9 Å². The molecule has 2 aromatic rings. The van der Waals surface area contributed by atoms with Gasteiger partial charge in [0.05, 0.1) is 12.1 Å². The van der Waals surface area contributed by atoms with Gasteiger partial charge in [0, 0.05) is 62.4 Å². The van der Waals surface area contributed by atoms with E-state index in [2.05, 4.69) is 20.2 Å². The first-order valence-corrected chi connectivity index (χ1v) is 12.9. The number of nitrogens with one attached hydrogen (secondary N) is 1. The second-order valence-corrected chi connectivity index (χ2v) is 10.8. The second-order valence-electron chi connectivity index (χ2n) is 10.8. The number of likely N-dealkylation sites (tertiary alicyclic amines) is 1. The van der Waals surface area contributed by atoms with Crippen molar-refractivity contribution in [2.45, 2.75) is 70.9 Å². The van der Waals surface area contributed by atoms with Gasteiger partial charge in [-0.3, -0.25) is 14.5 Å². The van der Waals surface area contributed by atoms with Crippen molar-refractivity contribution < 1.29 is 18.4 Å². The van der Waals surface area contributed by atoms with Gasteiger partial charge in [-0.15, -0.1) is 0 Å². The van der Waals surface area contributed by atoms with E-state index >= 15 is 0 Å². The number of alkyl halides is 2. The Labute approximate surface area is 211 Å². The van der Waals surface area contributed by atoms with Crippen LogP contribution in [-0.2, 0) is 15.5 Å². The molecule has 196 valence electrons. The van der Waals surface area contributed by atoms with Crippen LogP contribution in [0.4, 0.5) is 14.6 Å². The SMILES string of the molecule is CC(C)C(=O)N(C)C1CCC(N2CC(CC(=O)CNc3ncnc4ccc(C(C)(F)F)cc34)C2)CC1. The number of carbonyl (C=O) groups is 2. The zero-order chi connectivity index (χ0) is 26.0.